The molecule has 8 nitrogen and oxygen atoms in total. The predicted octanol–water partition coefficient (Wildman–Crippen LogP) is 5.03. The molecule has 4 rings (SSSR count). The van der Waals surface area contributed by atoms with Gasteiger partial charge in [0, 0.05) is 50.0 Å². The van der Waals surface area contributed by atoms with Crippen LogP contribution in [-0.2, 0) is 0 Å². The van der Waals surface area contributed by atoms with Crippen LogP contribution in [0.4, 0.5) is 38.8 Å². The molecule has 9 heteroatoms. The molecule has 0 spiro atoms. The van der Waals surface area contributed by atoms with Gasteiger partial charge in [0.25, 0.3) is 0 Å². The highest BCUT2D eigenvalue weighted by Gasteiger charge is 2.20. The van der Waals surface area contributed by atoms with E-state index in [-0.39, 0.29) is 17.3 Å². The molecule has 1 fully saturated rings. The lowest BCUT2D eigenvalue weighted by atomic mass is 10.1. The van der Waals surface area contributed by atoms with Crippen LogP contribution in [0, 0.1) is 15.9 Å². The third-order valence-corrected chi connectivity index (χ3v) is 5.36. The van der Waals surface area contributed by atoms with Gasteiger partial charge in [0.1, 0.15) is 11.6 Å². The fourth-order valence-electron chi connectivity index (χ4n) is 3.68. The number of nitro groups is 1. The van der Waals surface area contributed by atoms with E-state index in [1.807, 2.05) is 17.0 Å². The van der Waals surface area contributed by atoms with Crippen LogP contribution < -0.4 is 15.1 Å². The lowest BCUT2D eigenvalue weighted by molar-refractivity contribution is -0.384. The topological polar surface area (TPSA) is 87.4 Å². The van der Waals surface area contributed by atoms with Crippen molar-refractivity contribution in [2.45, 2.75) is 19.3 Å². The van der Waals surface area contributed by atoms with Crippen molar-refractivity contribution in [3.8, 4) is 0 Å². The van der Waals surface area contributed by atoms with Crippen LogP contribution in [0.1, 0.15) is 19.3 Å². The second-order valence-electron chi connectivity index (χ2n) is 7.40. The van der Waals surface area contributed by atoms with Crippen LogP contribution in [0.25, 0.3) is 0 Å². The number of hydrogen-bond acceptors (Lipinski definition) is 7. The van der Waals surface area contributed by atoms with Crippen molar-refractivity contribution in [1.29, 1.82) is 0 Å². The number of halogens is 1. The van der Waals surface area contributed by atoms with Crippen molar-refractivity contribution < 1.29 is 9.31 Å². The Morgan fingerprint density at radius 1 is 1.10 bits per heavy atom. The van der Waals surface area contributed by atoms with Gasteiger partial charge in [0.05, 0.1) is 10.6 Å². The molecule has 31 heavy (non-hydrogen) atoms. The number of pyridine rings is 2. The first-order valence-electron chi connectivity index (χ1n) is 10.1. The van der Waals surface area contributed by atoms with Crippen molar-refractivity contribution >= 4 is 34.4 Å². The first-order valence-corrected chi connectivity index (χ1v) is 10.1. The number of benzene rings is 1. The summed E-state index contributed by atoms with van der Waals surface area (Å²) in [7, 11) is 1.81. The highest BCUT2D eigenvalue weighted by Crippen LogP contribution is 2.32. The summed E-state index contributed by atoms with van der Waals surface area (Å²) in [5.74, 6) is 0.192. The molecule has 0 atom stereocenters. The van der Waals surface area contributed by atoms with Crippen molar-refractivity contribution in [3.05, 3.63) is 70.8 Å². The molecule has 0 amide bonds. The summed E-state index contributed by atoms with van der Waals surface area (Å²) in [4.78, 5) is 23.2. The van der Waals surface area contributed by atoms with E-state index in [9.17, 15) is 14.5 Å². The Morgan fingerprint density at radius 3 is 2.52 bits per heavy atom. The molecule has 2 aromatic heterocycles. The number of piperidine rings is 1. The van der Waals surface area contributed by atoms with Crippen LogP contribution in [0.2, 0.25) is 0 Å². The third kappa shape index (κ3) is 4.55. The minimum atomic E-state index is -0.510. The number of rotatable bonds is 6. The third-order valence-electron chi connectivity index (χ3n) is 5.36. The quantitative estimate of drug-likeness (QED) is 0.440. The summed E-state index contributed by atoms with van der Waals surface area (Å²) in [5.41, 5.74) is 1.60. The number of nitrogens with zero attached hydrogens (tertiary/aromatic N) is 5. The lowest BCUT2D eigenvalue weighted by Gasteiger charge is -2.29. The first kappa shape index (κ1) is 20.5. The molecule has 3 aromatic rings. The second kappa shape index (κ2) is 8.95. The van der Waals surface area contributed by atoms with Gasteiger partial charge in [0.15, 0.2) is 0 Å². The average Bonchev–Trinajstić information content (AvgIpc) is 2.79. The number of nitrogens with one attached hydrogen (secondary N) is 1. The Bertz CT molecular complexity index is 1070. The van der Waals surface area contributed by atoms with E-state index < -0.39 is 4.92 Å². The molecular formula is C22H23FN6O2. The monoisotopic (exact) mass is 422 g/mol. The minimum Gasteiger partial charge on any atom is -0.369 e. The van der Waals surface area contributed by atoms with E-state index in [0.29, 0.717) is 17.2 Å². The first-order chi connectivity index (χ1) is 15.0. The number of anilines is 5. The number of aromatic nitrogens is 2. The van der Waals surface area contributed by atoms with Crippen LogP contribution in [0.3, 0.4) is 0 Å². The van der Waals surface area contributed by atoms with Crippen molar-refractivity contribution in [2.75, 3.05) is 35.3 Å². The maximum absolute atomic E-state index is 14.8. The molecule has 3 heterocycles. The Morgan fingerprint density at radius 2 is 1.84 bits per heavy atom. The Balaban J connectivity index is 1.62. The predicted molar refractivity (Wildman–Crippen MR) is 119 cm³/mol. The van der Waals surface area contributed by atoms with Gasteiger partial charge in [-0.15, -0.1) is 0 Å². The zero-order chi connectivity index (χ0) is 21.8. The van der Waals surface area contributed by atoms with Gasteiger partial charge in [-0.05, 0) is 55.7 Å². The zero-order valence-corrected chi connectivity index (χ0v) is 17.2. The summed E-state index contributed by atoms with van der Waals surface area (Å²) >= 11 is 0. The van der Waals surface area contributed by atoms with Crippen LogP contribution in [0.5, 0.6) is 0 Å². The van der Waals surface area contributed by atoms with Crippen LogP contribution in [-0.4, -0.2) is 35.0 Å². The molecule has 0 saturated carbocycles. The molecule has 0 aliphatic carbocycles. The van der Waals surface area contributed by atoms with Gasteiger partial charge in [-0.25, -0.2) is 9.37 Å². The van der Waals surface area contributed by atoms with Gasteiger partial charge in [-0.2, -0.15) is 0 Å². The molecular weight excluding hydrogens is 399 g/mol. The second-order valence-corrected chi connectivity index (χ2v) is 7.40. The summed E-state index contributed by atoms with van der Waals surface area (Å²) in [6.45, 7) is 1.67. The smallest absolute Gasteiger partial charge is 0.311 e. The summed E-state index contributed by atoms with van der Waals surface area (Å²) in [6, 6.07) is 11.4. The molecule has 0 bridgehead atoms. The molecule has 1 N–H and O–H groups in total. The summed E-state index contributed by atoms with van der Waals surface area (Å²) in [6.07, 6.45) is 6.57. The van der Waals surface area contributed by atoms with E-state index in [2.05, 4.69) is 15.3 Å². The fourth-order valence-corrected chi connectivity index (χ4v) is 3.68. The Labute approximate surface area is 179 Å². The molecule has 0 unspecified atom stereocenters. The zero-order valence-electron chi connectivity index (χ0n) is 17.2. The van der Waals surface area contributed by atoms with Crippen molar-refractivity contribution in [3.63, 3.8) is 0 Å². The molecule has 1 aliphatic rings. The largest absolute Gasteiger partial charge is 0.369 e. The lowest BCUT2D eigenvalue weighted by Crippen LogP contribution is -2.30. The SMILES string of the molecule is CN(c1ccncc1)c1ccc([N+](=O)[O-])c(Nc2ccc(N3CCCCC3)c(F)c2)n1. The molecule has 0 radical (unpaired) electrons. The van der Waals surface area contributed by atoms with Crippen LogP contribution in [0.15, 0.2) is 54.9 Å². The normalized spacial score (nSPS) is 13.7. The Kier molecular flexibility index (Phi) is 5.92. The Hall–Kier alpha value is -3.75. The van der Waals surface area contributed by atoms with E-state index in [0.717, 1.165) is 38.0 Å². The van der Waals surface area contributed by atoms with E-state index in [1.54, 1.807) is 42.5 Å². The van der Waals surface area contributed by atoms with E-state index in [4.69, 9.17) is 0 Å². The standard InChI is InChI=1S/C22H23FN6O2/c1-27(17-9-11-24-12-10-17)21-8-7-20(29(30)31)22(26-21)25-16-5-6-19(18(23)15-16)28-13-3-2-4-14-28/h5-12,15H,2-4,13-14H2,1H3,(H,25,26). The maximum Gasteiger partial charge on any atom is 0.311 e. The summed E-state index contributed by atoms with van der Waals surface area (Å²) in [5, 5.41) is 14.4. The molecule has 1 aliphatic heterocycles. The summed E-state index contributed by atoms with van der Waals surface area (Å²) < 4.78 is 14.8. The minimum absolute atomic E-state index is 0.0496. The van der Waals surface area contributed by atoms with Gasteiger partial charge in [-0.1, -0.05) is 0 Å². The van der Waals surface area contributed by atoms with Crippen molar-refractivity contribution in [2.24, 2.45) is 0 Å². The van der Waals surface area contributed by atoms with Crippen molar-refractivity contribution in [1.82, 2.24) is 9.97 Å². The molecule has 1 saturated heterocycles. The van der Waals surface area contributed by atoms with E-state index >= 15 is 0 Å². The highest BCUT2D eigenvalue weighted by molar-refractivity contribution is 5.71. The van der Waals surface area contributed by atoms with Gasteiger partial charge in [0.2, 0.25) is 5.82 Å². The van der Waals surface area contributed by atoms with Gasteiger partial charge in [-0.3, -0.25) is 15.1 Å². The average molecular weight is 422 g/mol. The van der Waals surface area contributed by atoms with E-state index in [1.165, 1.54) is 12.1 Å². The highest BCUT2D eigenvalue weighted by atomic mass is 19.1. The maximum atomic E-state index is 14.8. The van der Waals surface area contributed by atoms with Gasteiger partial charge >= 0.3 is 5.69 Å². The molecule has 160 valence electrons. The van der Waals surface area contributed by atoms with Gasteiger partial charge < -0.3 is 15.1 Å². The van der Waals surface area contributed by atoms with Crippen LogP contribution >= 0.6 is 0 Å². The fraction of sp³-hybridized carbons (Fsp3) is 0.273. The molecule has 1 aromatic carbocycles. The number of hydrogen-bond donors (Lipinski definition) is 1.